The Kier molecular flexibility index (Phi) is 6.61. The molecule has 5 heteroatoms. The van der Waals surface area contributed by atoms with Gasteiger partial charge in [-0.1, -0.05) is 42.5 Å². The lowest BCUT2D eigenvalue weighted by molar-refractivity contribution is -0.130. The predicted octanol–water partition coefficient (Wildman–Crippen LogP) is 1.47. The summed E-state index contributed by atoms with van der Waals surface area (Å²) in [4.78, 5) is 16.5. The third-order valence-electron chi connectivity index (χ3n) is 3.14. The fraction of sp³-hybridized carbons (Fsp3) is 0.467. The number of hydrogen-bond donors (Lipinski definition) is 1. The summed E-state index contributed by atoms with van der Waals surface area (Å²) in [6.45, 7) is 1.64. The number of nitrogens with zero attached hydrogens (tertiary/aromatic N) is 2. The highest BCUT2D eigenvalue weighted by atomic mass is 32.1. The molecule has 0 heterocycles. The average molecular weight is 293 g/mol. The number of likely N-dealkylation sites (N-methyl/N-ethyl adjacent to an activating group) is 1. The molecule has 1 rings (SSSR count). The van der Waals surface area contributed by atoms with Crippen molar-refractivity contribution in [2.45, 2.75) is 12.3 Å². The van der Waals surface area contributed by atoms with Crippen molar-refractivity contribution in [2.75, 3.05) is 34.2 Å². The lowest BCUT2D eigenvalue weighted by Gasteiger charge is -2.24. The molecule has 0 saturated heterocycles. The Morgan fingerprint density at radius 2 is 1.80 bits per heavy atom. The Hall–Kier alpha value is -1.46. The number of amides is 1. The van der Waals surface area contributed by atoms with Crippen molar-refractivity contribution in [3.8, 4) is 0 Å². The van der Waals surface area contributed by atoms with E-state index in [1.807, 2.05) is 44.4 Å². The van der Waals surface area contributed by atoms with Crippen LogP contribution in [0, 0.1) is 0 Å². The molecule has 4 nitrogen and oxygen atoms in total. The van der Waals surface area contributed by atoms with Crippen LogP contribution in [0.25, 0.3) is 0 Å². The highest BCUT2D eigenvalue weighted by Gasteiger charge is 2.26. The Labute approximate surface area is 126 Å². The van der Waals surface area contributed by atoms with Gasteiger partial charge in [0, 0.05) is 13.6 Å². The van der Waals surface area contributed by atoms with Crippen LogP contribution >= 0.6 is 12.2 Å². The predicted molar refractivity (Wildman–Crippen MR) is 86.8 cm³/mol. The summed E-state index contributed by atoms with van der Waals surface area (Å²) < 4.78 is 0. The first-order valence-corrected chi connectivity index (χ1v) is 7.08. The summed E-state index contributed by atoms with van der Waals surface area (Å²) in [6.07, 6.45) is 0.925. The minimum absolute atomic E-state index is 0.0394. The van der Waals surface area contributed by atoms with E-state index in [0.717, 1.165) is 18.5 Å². The molecule has 20 heavy (non-hydrogen) atoms. The molecule has 0 bridgehead atoms. The zero-order valence-electron chi connectivity index (χ0n) is 12.4. The molecule has 0 aromatic heterocycles. The van der Waals surface area contributed by atoms with E-state index in [1.165, 1.54) is 0 Å². The van der Waals surface area contributed by atoms with E-state index >= 15 is 0 Å². The van der Waals surface area contributed by atoms with E-state index in [-0.39, 0.29) is 10.9 Å². The number of carbonyl (C=O) groups excluding carboxylic acids is 1. The van der Waals surface area contributed by atoms with Gasteiger partial charge in [-0.3, -0.25) is 4.79 Å². The van der Waals surface area contributed by atoms with Gasteiger partial charge in [-0.25, -0.2) is 0 Å². The number of carbonyl (C=O) groups is 1. The summed E-state index contributed by atoms with van der Waals surface area (Å²) in [7, 11) is 5.83. The molecule has 0 aliphatic heterocycles. The molecule has 0 spiro atoms. The third-order valence-corrected chi connectivity index (χ3v) is 3.38. The van der Waals surface area contributed by atoms with Crippen molar-refractivity contribution in [1.82, 2.24) is 9.80 Å². The summed E-state index contributed by atoms with van der Waals surface area (Å²) in [5, 5.41) is 0. The quantitative estimate of drug-likeness (QED) is 0.773. The maximum absolute atomic E-state index is 12.5. The van der Waals surface area contributed by atoms with Crippen molar-refractivity contribution in [2.24, 2.45) is 5.73 Å². The Balaban J connectivity index is 2.72. The van der Waals surface area contributed by atoms with Gasteiger partial charge in [0.25, 0.3) is 0 Å². The second-order valence-electron chi connectivity index (χ2n) is 5.16. The van der Waals surface area contributed by atoms with Crippen molar-refractivity contribution in [3.05, 3.63) is 35.9 Å². The van der Waals surface area contributed by atoms with Gasteiger partial charge in [0.2, 0.25) is 5.91 Å². The van der Waals surface area contributed by atoms with Crippen LogP contribution in [0.15, 0.2) is 30.3 Å². The van der Waals surface area contributed by atoms with Gasteiger partial charge in [-0.15, -0.1) is 0 Å². The Morgan fingerprint density at radius 1 is 1.20 bits per heavy atom. The molecule has 2 N–H and O–H groups in total. The molecule has 1 unspecified atom stereocenters. The fourth-order valence-corrected chi connectivity index (χ4v) is 2.27. The first-order valence-electron chi connectivity index (χ1n) is 6.67. The van der Waals surface area contributed by atoms with Crippen LogP contribution in [0.5, 0.6) is 0 Å². The van der Waals surface area contributed by atoms with Gasteiger partial charge >= 0.3 is 0 Å². The molecule has 0 saturated carbocycles. The molecular formula is C15H23N3OS. The summed E-state index contributed by atoms with van der Waals surface area (Å²) in [5.41, 5.74) is 6.61. The highest BCUT2D eigenvalue weighted by Crippen LogP contribution is 2.18. The zero-order chi connectivity index (χ0) is 15.1. The topological polar surface area (TPSA) is 49.6 Å². The molecule has 1 atom stereocenters. The number of thiocarbonyl (C=S) groups is 1. The smallest absolute Gasteiger partial charge is 0.236 e. The van der Waals surface area contributed by atoms with E-state index in [9.17, 15) is 4.79 Å². The summed E-state index contributed by atoms with van der Waals surface area (Å²) in [6, 6.07) is 9.45. The second kappa shape index (κ2) is 7.97. The number of hydrogen-bond acceptors (Lipinski definition) is 3. The summed E-state index contributed by atoms with van der Waals surface area (Å²) >= 11 is 5.07. The van der Waals surface area contributed by atoms with Gasteiger partial charge < -0.3 is 15.5 Å². The van der Waals surface area contributed by atoms with Crippen LogP contribution in [-0.2, 0) is 4.79 Å². The van der Waals surface area contributed by atoms with Crippen LogP contribution < -0.4 is 5.73 Å². The Morgan fingerprint density at radius 3 is 2.30 bits per heavy atom. The molecule has 1 amide bonds. The third kappa shape index (κ3) is 4.90. The molecular weight excluding hydrogens is 270 g/mol. The first-order chi connectivity index (χ1) is 9.43. The maximum atomic E-state index is 12.5. The van der Waals surface area contributed by atoms with E-state index in [2.05, 4.69) is 4.90 Å². The number of benzene rings is 1. The van der Waals surface area contributed by atoms with Crippen LogP contribution in [0.4, 0.5) is 0 Å². The monoisotopic (exact) mass is 293 g/mol. The largest absolute Gasteiger partial charge is 0.392 e. The molecule has 0 fully saturated rings. The molecule has 1 aromatic carbocycles. The van der Waals surface area contributed by atoms with Gasteiger partial charge in [-0.2, -0.15) is 0 Å². The van der Waals surface area contributed by atoms with Crippen LogP contribution in [0.3, 0.4) is 0 Å². The lowest BCUT2D eigenvalue weighted by atomic mass is 9.97. The molecule has 0 aliphatic carbocycles. The van der Waals surface area contributed by atoms with Crippen LogP contribution in [-0.4, -0.2) is 54.9 Å². The lowest BCUT2D eigenvalue weighted by Crippen LogP contribution is -2.38. The summed E-state index contributed by atoms with van der Waals surface area (Å²) in [5.74, 6) is -0.571. The minimum atomic E-state index is -0.532. The average Bonchev–Trinajstić information content (AvgIpc) is 2.39. The highest BCUT2D eigenvalue weighted by molar-refractivity contribution is 7.80. The SMILES string of the molecule is CN(C)CCCN(C)C(=O)C(C(N)=S)c1ccccc1. The second-order valence-corrected chi connectivity index (χ2v) is 5.63. The van der Waals surface area contributed by atoms with E-state index in [1.54, 1.807) is 11.9 Å². The molecule has 0 aliphatic rings. The van der Waals surface area contributed by atoms with Crippen molar-refractivity contribution in [1.29, 1.82) is 0 Å². The fourth-order valence-electron chi connectivity index (χ4n) is 2.03. The van der Waals surface area contributed by atoms with Gasteiger partial charge in [-0.05, 0) is 32.6 Å². The standard InChI is InChI=1S/C15H23N3OS/c1-17(2)10-7-11-18(3)15(19)13(14(16)20)12-8-5-4-6-9-12/h4-6,8-9,13H,7,10-11H2,1-3H3,(H2,16,20). The normalized spacial score (nSPS) is 12.2. The number of nitrogens with two attached hydrogens (primary N) is 1. The van der Waals surface area contributed by atoms with Gasteiger partial charge in [0.15, 0.2) is 0 Å². The minimum Gasteiger partial charge on any atom is -0.392 e. The first kappa shape index (κ1) is 16.6. The van der Waals surface area contributed by atoms with E-state index < -0.39 is 5.92 Å². The Bertz CT molecular complexity index is 448. The maximum Gasteiger partial charge on any atom is 0.236 e. The van der Waals surface area contributed by atoms with Crippen molar-refractivity contribution >= 4 is 23.1 Å². The van der Waals surface area contributed by atoms with Gasteiger partial charge in [0.1, 0.15) is 5.92 Å². The van der Waals surface area contributed by atoms with Crippen molar-refractivity contribution < 1.29 is 4.79 Å². The molecule has 110 valence electrons. The zero-order valence-corrected chi connectivity index (χ0v) is 13.2. The van der Waals surface area contributed by atoms with Crippen LogP contribution in [0.1, 0.15) is 17.9 Å². The molecule has 1 aromatic rings. The van der Waals surface area contributed by atoms with E-state index in [4.69, 9.17) is 18.0 Å². The molecule has 0 radical (unpaired) electrons. The van der Waals surface area contributed by atoms with Crippen molar-refractivity contribution in [3.63, 3.8) is 0 Å². The number of rotatable bonds is 7. The van der Waals surface area contributed by atoms with E-state index in [0.29, 0.717) is 6.54 Å². The van der Waals surface area contributed by atoms with Gasteiger partial charge in [0.05, 0.1) is 4.99 Å². The van der Waals surface area contributed by atoms with Crippen LogP contribution in [0.2, 0.25) is 0 Å².